The molecule has 0 aliphatic heterocycles. The third-order valence-electron chi connectivity index (χ3n) is 2.97. The first kappa shape index (κ1) is 14.2. The predicted molar refractivity (Wildman–Crippen MR) is 67.6 cm³/mol. The molecule has 0 aromatic heterocycles. The fraction of sp³-hybridized carbons (Fsp3) is 1.00. The Bertz CT molecular complexity index is 123. The number of unbranched alkanes of at least 4 members (excludes halogenated alkanes) is 4. The molecule has 0 aromatic carbocycles. The average Bonchev–Trinajstić information content (AvgIpc) is 2.15. The highest BCUT2D eigenvalue weighted by atomic mass is 28.3. The molecule has 86 valence electrons. The molecular formula is C12H28OSi. The van der Waals surface area contributed by atoms with Crippen LogP contribution in [-0.4, -0.2) is 19.8 Å². The van der Waals surface area contributed by atoms with E-state index in [2.05, 4.69) is 20.0 Å². The molecule has 0 aliphatic carbocycles. The summed E-state index contributed by atoms with van der Waals surface area (Å²) in [5.41, 5.74) is 0. The standard InChI is InChI=1S/C12H28OSi/c1-4-5-11-14(2,3)12-9-7-6-8-10-13/h13H,4-12H2,1-3H3. The minimum Gasteiger partial charge on any atom is -0.396 e. The van der Waals surface area contributed by atoms with Gasteiger partial charge in [-0.15, -0.1) is 0 Å². The van der Waals surface area contributed by atoms with E-state index in [0.29, 0.717) is 6.61 Å². The highest BCUT2D eigenvalue weighted by molar-refractivity contribution is 6.77. The van der Waals surface area contributed by atoms with Crippen molar-refractivity contribution in [2.75, 3.05) is 6.61 Å². The minimum atomic E-state index is -0.847. The van der Waals surface area contributed by atoms with Gasteiger partial charge in [0, 0.05) is 14.7 Å². The molecular weight excluding hydrogens is 188 g/mol. The van der Waals surface area contributed by atoms with Crippen LogP contribution in [0.25, 0.3) is 0 Å². The van der Waals surface area contributed by atoms with Gasteiger partial charge < -0.3 is 5.11 Å². The van der Waals surface area contributed by atoms with E-state index in [1.165, 1.54) is 44.2 Å². The van der Waals surface area contributed by atoms with Gasteiger partial charge >= 0.3 is 0 Å². The minimum absolute atomic E-state index is 0.372. The van der Waals surface area contributed by atoms with Crippen LogP contribution in [0.5, 0.6) is 0 Å². The lowest BCUT2D eigenvalue weighted by molar-refractivity contribution is 0.283. The summed E-state index contributed by atoms with van der Waals surface area (Å²) in [5.74, 6) is 0. The number of hydrogen-bond acceptors (Lipinski definition) is 1. The van der Waals surface area contributed by atoms with E-state index in [9.17, 15) is 0 Å². The van der Waals surface area contributed by atoms with E-state index >= 15 is 0 Å². The summed E-state index contributed by atoms with van der Waals surface area (Å²) < 4.78 is 0. The Morgan fingerprint density at radius 3 is 2.00 bits per heavy atom. The number of rotatable bonds is 9. The zero-order valence-corrected chi connectivity index (χ0v) is 11.3. The van der Waals surface area contributed by atoms with Gasteiger partial charge in [0.25, 0.3) is 0 Å². The van der Waals surface area contributed by atoms with Gasteiger partial charge in [0.1, 0.15) is 0 Å². The lowest BCUT2D eigenvalue weighted by atomic mass is 10.2. The highest BCUT2D eigenvalue weighted by Crippen LogP contribution is 2.21. The summed E-state index contributed by atoms with van der Waals surface area (Å²) in [4.78, 5) is 0. The van der Waals surface area contributed by atoms with Gasteiger partial charge in [-0.25, -0.2) is 0 Å². The smallest absolute Gasteiger partial charge is 0.0473 e. The molecule has 2 heteroatoms. The van der Waals surface area contributed by atoms with Gasteiger partial charge in [-0.2, -0.15) is 0 Å². The molecule has 0 fully saturated rings. The first-order chi connectivity index (χ1) is 6.62. The first-order valence-corrected chi connectivity index (χ1v) is 9.64. The molecule has 0 heterocycles. The van der Waals surface area contributed by atoms with Crippen LogP contribution in [0.2, 0.25) is 25.2 Å². The predicted octanol–water partition coefficient (Wildman–Crippen LogP) is 4.05. The summed E-state index contributed by atoms with van der Waals surface area (Å²) in [5, 5.41) is 8.65. The van der Waals surface area contributed by atoms with Crippen LogP contribution in [0.15, 0.2) is 0 Å². The van der Waals surface area contributed by atoms with Crippen LogP contribution < -0.4 is 0 Å². The maximum Gasteiger partial charge on any atom is 0.0473 e. The van der Waals surface area contributed by atoms with Crippen molar-refractivity contribution < 1.29 is 5.11 Å². The second-order valence-electron chi connectivity index (χ2n) is 5.16. The van der Waals surface area contributed by atoms with Gasteiger partial charge in [-0.1, -0.05) is 64.2 Å². The van der Waals surface area contributed by atoms with Crippen LogP contribution >= 0.6 is 0 Å². The number of aliphatic hydroxyl groups excluding tert-OH is 1. The van der Waals surface area contributed by atoms with Gasteiger partial charge in [0.2, 0.25) is 0 Å². The van der Waals surface area contributed by atoms with E-state index in [4.69, 9.17) is 5.11 Å². The molecule has 0 saturated carbocycles. The maximum absolute atomic E-state index is 8.65. The molecule has 1 N–H and O–H groups in total. The molecule has 0 unspecified atom stereocenters. The van der Waals surface area contributed by atoms with Crippen LogP contribution in [0.3, 0.4) is 0 Å². The van der Waals surface area contributed by atoms with E-state index in [1.807, 2.05) is 0 Å². The van der Waals surface area contributed by atoms with Crippen LogP contribution in [-0.2, 0) is 0 Å². The van der Waals surface area contributed by atoms with Crippen LogP contribution in [0, 0.1) is 0 Å². The normalized spacial score (nSPS) is 12.0. The molecule has 1 nitrogen and oxygen atoms in total. The van der Waals surface area contributed by atoms with Gasteiger partial charge in [-0.05, 0) is 6.42 Å². The van der Waals surface area contributed by atoms with E-state index in [1.54, 1.807) is 0 Å². The van der Waals surface area contributed by atoms with Gasteiger partial charge in [0.05, 0.1) is 0 Å². The fourth-order valence-corrected chi connectivity index (χ4v) is 4.62. The van der Waals surface area contributed by atoms with Crippen molar-refractivity contribution in [1.82, 2.24) is 0 Å². The Hall–Kier alpha value is 0.177. The zero-order chi connectivity index (χ0) is 10.9. The number of hydrogen-bond donors (Lipinski definition) is 1. The largest absolute Gasteiger partial charge is 0.396 e. The second kappa shape index (κ2) is 8.48. The van der Waals surface area contributed by atoms with E-state index in [0.717, 1.165) is 6.42 Å². The molecule has 0 aromatic rings. The highest BCUT2D eigenvalue weighted by Gasteiger charge is 2.18. The molecule has 0 saturated heterocycles. The quantitative estimate of drug-likeness (QED) is 0.455. The SMILES string of the molecule is CCCC[Si](C)(C)CCCCCCO. The summed E-state index contributed by atoms with van der Waals surface area (Å²) in [6.07, 6.45) is 7.70. The zero-order valence-electron chi connectivity index (χ0n) is 10.3. The Morgan fingerprint density at radius 1 is 0.857 bits per heavy atom. The fourth-order valence-electron chi connectivity index (χ4n) is 1.85. The van der Waals surface area contributed by atoms with Crippen molar-refractivity contribution in [1.29, 1.82) is 0 Å². The van der Waals surface area contributed by atoms with E-state index < -0.39 is 8.07 Å². The molecule has 0 amide bonds. The molecule has 14 heavy (non-hydrogen) atoms. The van der Waals surface area contributed by atoms with E-state index in [-0.39, 0.29) is 0 Å². The van der Waals surface area contributed by atoms with Crippen molar-refractivity contribution in [2.45, 2.75) is 70.6 Å². The first-order valence-electron chi connectivity index (χ1n) is 6.23. The van der Waals surface area contributed by atoms with Crippen molar-refractivity contribution in [2.24, 2.45) is 0 Å². The number of aliphatic hydroxyl groups is 1. The molecule has 0 bridgehead atoms. The van der Waals surface area contributed by atoms with Crippen molar-refractivity contribution >= 4 is 8.07 Å². The second-order valence-corrected chi connectivity index (χ2v) is 10.5. The van der Waals surface area contributed by atoms with Gasteiger partial charge in [0.15, 0.2) is 0 Å². The topological polar surface area (TPSA) is 20.2 Å². The molecule has 0 aliphatic rings. The van der Waals surface area contributed by atoms with Crippen molar-refractivity contribution in [3.8, 4) is 0 Å². The lowest BCUT2D eigenvalue weighted by Gasteiger charge is -2.21. The Kier molecular flexibility index (Phi) is 8.59. The third kappa shape index (κ3) is 8.76. The average molecular weight is 216 g/mol. The molecule has 0 rings (SSSR count). The Morgan fingerprint density at radius 2 is 1.43 bits per heavy atom. The molecule has 0 spiro atoms. The molecule has 0 radical (unpaired) electrons. The Balaban J connectivity index is 3.35. The van der Waals surface area contributed by atoms with Crippen LogP contribution in [0.4, 0.5) is 0 Å². The summed E-state index contributed by atoms with van der Waals surface area (Å²) in [7, 11) is -0.847. The van der Waals surface area contributed by atoms with Crippen molar-refractivity contribution in [3.05, 3.63) is 0 Å². The Labute approximate surface area is 90.9 Å². The third-order valence-corrected chi connectivity index (χ3v) is 6.38. The van der Waals surface area contributed by atoms with Gasteiger partial charge in [-0.3, -0.25) is 0 Å². The monoisotopic (exact) mass is 216 g/mol. The maximum atomic E-state index is 8.65. The summed E-state index contributed by atoms with van der Waals surface area (Å²) in [6, 6.07) is 2.99. The van der Waals surface area contributed by atoms with Crippen molar-refractivity contribution in [3.63, 3.8) is 0 Å². The lowest BCUT2D eigenvalue weighted by Crippen LogP contribution is -2.24. The summed E-state index contributed by atoms with van der Waals surface area (Å²) >= 11 is 0. The summed E-state index contributed by atoms with van der Waals surface area (Å²) in [6.45, 7) is 7.70. The molecule has 0 atom stereocenters. The van der Waals surface area contributed by atoms with Crippen LogP contribution in [0.1, 0.15) is 45.4 Å².